The van der Waals surface area contributed by atoms with Gasteiger partial charge in [0, 0.05) is 12.2 Å². The molecule has 1 aromatic carbocycles. The van der Waals surface area contributed by atoms with E-state index in [4.69, 9.17) is 4.74 Å². The van der Waals surface area contributed by atoms with Crippen molar-refractivity contribution < 1.29 is 13.5 Å². The molecular weight excluding hydrogens is 210 g/mol. The molecule has 1 saturated carbocycles. The summed E-state index contributed by atoms with van der Waals surface area (Å²) >= 11 is 0. The minimum Gasteiger partial charge on any atom is -0.378 e. The van der Waals surface area contributed by atoms with Crippen molar-refractivity contribution in [3.8, 4) is 0 Å². The summed E-state index contributed by atoms with van der Waals surface area (Å²) in [7, 11) is 0. The average molecular weight is 226 g/mol. The first kappa shape index (κ1) is 11.5. The number of alkyl halides is 1. The summed E-state index contributed by atoms with van der Waals surface area (Å²) in [6.07, 6.45) is 2.24. The summed E-state index contributed by atoms with van der Waals surface area (Å²) in [4.78, 5) is 0. The first-order valence-electron chi connectivity index (χ1n) is 5.73. The van der Waals surface area contributed by atoms with Crippen molar-refractivity contribution in [2.24, 2.45) is 5.92 Å². The van der Waals surface area contributed by atoms with E-state index in [-0.39, 0.29) is 12.2 Å². The smallest absolute Gasteiger partial charge is 0.151 e. The molecule has 16 heavy (non-hydrogen) atoms. The van der Waals surface area contributed by atoms with Gasteiger partial charge in [-0.3, -0.25) is 0 Å². The maximum atomic E-state index is 13.6. The Balaban J connectivity index is 1.78. The van der Waals surface area contributed by atoms with E-state index in [9.17, 15) is 8.78 Å². The van der Waals surface area contributed by atoms with Crippen LogP contribution in [0.1, 0.15) is 31.0 Å². The van der Waals surface area contributed by atoms with Crippen LogP contribution in [0.25, 0.3) is 0 Å². The van der Waals surface area contributed by atoms with E-state index in [0.29, 0.717) is 12.5 Å². The van der Waals surface area contributed by atoms with Crippen LogP contribution < -0.4 is 0 Å². The minimum atomic E-state index is -1.36. The fraction of sp³-hybridized carbons (Fsp3) is 0.538. The third-order valence-corrected chi connectivity index (χ3v) is 3.09. The van der Waals surface area contributed by atoms with E-state index >= 15 is 0 Å². The highest BCUT2D eigenvalue weighted by atomic mass is 19.1. The molecule has 0 amide bonds. The molecule has 1 nitrogen and oxygen atoms in total. The van der Waals surface area contributed by atoms with E-state index in [0.717, 1.165) is 0 Å². The SMILES string of the molecule is Fc1ccccc1[C@@H](F)COCC1CCC1. The van der Waals surface area contributed by atoms with Gasteiger partial charge in [-0.1, -0.05) is 24.6 Å². The first-order chi connectivity index (χ1) is 7.77. The fourth-order valence-electron chi connectivity index (χ4n) is 1.82. The van der Waals surface area contributed by atoms with Crippen LogP contribution in [-0.2, 0) is 4.74 Å². The Labute approximate surface area is 94.4 Å². The lowest BCUT2D eigenvalue weighted by Crippen LogP contribution is -2.19. The molecule has 0 unspecified atom stereocenters. The molecule has 1 aliphatic rings. The van der Waals surface area contributed by atoms with Gasteiger partial charge in [0.15, 0.2) is 6.17 Å². The average Bonchev–Trinajstić information content (AvgIpc) is 2.22. The molecule has 0 spiro atoms. The van der Waals surface area contributed by atoms with Gasteiger partial charge in [-0.15, -0.1) is 0 Å². The Bertz CT molecular complexity index is 336. The van der Waals surface area contributed by atoms with Crippen LogP contribution in [0.4, 0.5) is 8.78 Å². The Hall–Kier alpha value is -0.960. The minimum absolute atomic E-state index is 0.0442. The van der Waals surface area contributed by atoms with Crippen LogP contribution in [0.5, 0.6) is 0 Å². The van der Waals surface area contributed by atoms with Crippen molar-refractivity contribution in [2.75, 3.05) is 13.2 Å². The highest BCUT2D eigenvalue weighted by molar-refractivity contribution is 5.19. The zero-order valence-corrected chi connectivity index (χ0v) is 9.16. The van der Waals surface area contributed by atoms with Gasteiger partial charge in [0.05, 0.1) is 6.61 Å². The molecule has 0 radical (unpaired) electrons. The predicted molar refractivity (Wildman–Crippen MR) is 58.4 cm³/mol. The van der Waals surface area contributed by atoms with Crippen LogP contribution in [0.15, 0.2) is 24.3 Å². The summed E-state index contributed by atoms with van der Waals surface area (Å²) < 4.78 is 32.1. The van der Waals surface area contributed by atoms with Gasteiger partial charge in [-0.2, -0.15) is 0 Å². The van der Waals surface area contributed by atoms with E-state index in [1.54, 1.807) is 12.1 Å². The number of ether oxygens (including phenoxy) is 1. The van der Waals surface area contributed by atoms with Crippen LogP contribution >= 0.6 is 0 Å². The van der Waals surface area contributed by atoms with Gasteiger partial charge in [0.25, 0.3) is 0 Å². The second-order valence-electron chi connectivity index (χ2n) is 4.32. The standard InChI is InChI=1S/C13H16F2O/c14-12-7-2-1-6-11(12)13(15)9-16-8-10-4-3-5-10/h1-2,6-7,10,13H,3-5,8-9H2/t13-/m0/s1. The number of benzene rings is 1. The lowest BCUT2D eigenvalue weighted by atomic mass is 9.86. The molecule has 88 valence electrons. The van der Waals surface area contributed by atoms with Crippen molar-refractivity contribution in [2.45, 2.75) is 25.4 Å². The number of halogens is 2. The highest BCUT2D eigenvalue weighted by Crippen LogP contribution is 2.27. The molecular formula is C13H16F2O. The zero-order valence-electron chi connectivity index (χ0n) is 9.16. The van der Waals surface area contributed by atoms with Gasteiger partial charge in [-0.25, -0.2) is 8.78 Å². The van der Waals surface area contributed by atoms with Crippen LogP contribution in [0, 0.1) is 11.7 Å². The summed E-state index contributed by atoms with van der Waals surface area (Å²) in [5, 5.41) is 0. The Morgan fingerprint density at radius 1 is 1.31 bits per heavy atom. The fourth-order valence-corrected chi connectivity index (χ4v) is 1.82. The summed E-state index contributed by atoms with van der Waals surface area (Å²) in [5.41, 5.74) is 0.0936. The van der Waals surface area contributed by atoms with Crippen LogP contribution in [0.3, 0.4) is 0 Å². The molecule has 1 aromatic rings. The third kappa shape index (κ3) is 2.79. The van der Waals surface area contributed by atoms with Crippen molar-refractivity contribution in [3.63, 3.8) is 0 Å². The second kappa shape index (κ2) is 5.39. The van der Waals surface area contributed by atoms with Crippen molar-refractivity contribution in [3.05, 3.63) is 35.6 Å². The van der Waals surface area contributed by atoms with E-state index in [1.807, 2.05) is 0 Å². The molecule has 0 aliphatic heterocycles. The molecule has 0 N–H and O–H groups in total. The van der Waals surface area contributed by atoms with Crippen molar-refractivity contribution in [1.29, 1.82) is 0 Å². The normalized spacial score (nSPS) is 18.1. The first-order valence-corrected chi connectivity index (χ1v) is 5.73. The van der Waals surface area contributed by atoms with Gasteiger partial charge in [0.2, 0.25) is 0 Å². The Morgan fingerprint density at radius 3 is 2.69 bits per heavy atom. The second-order valence-corrected chi connectivity index (χ2v) is 4.32. The largest absolute Gasteiger partial charge is 0.378 e. The highest BCUT2D eigenvalue weighted by Gasteiger charge is 2.19. The third-order valence-electron chi connectivity index (χ3n) is 3.09. The maximum absolute atomic E-state index is 13.6. The quantitative estimate of drug-likeness (QED) is 0.744. The van der Waals surface area contributed by atoms with Crippen LogP contribution in [0.2, 0.25) is 0 Å². The summed E-state index contributed by atoms with van der Waals surface area (Å²) in [6, 6.07) is 5.93. The maximum Gasteiger partial charge on any atom is 0.151 e. The van der Waals surface area contributed by atoms with Gasteiger partial charge < -0.3 is 4.74 Å². The zero-order chi connectivity index (χ0) is 11.4. The van der Waals surface area contributed by atoms with Gasteiger partial charge in [-0.05, 0) is 24.8 Å². The molecule has 0 aromatic heterocycles. The number of rotatable bonds is 5. The summed E-state index contributed by atoms with van der Waals surface area (Å²) in [5.74, 6) is 0.0927. The molecule has 3 heteroatoms. The monoisotopic (exact) mass is 226 g/mol. The molecule has 1 atom stereocenters. The molecule has 0 bridgehead atoms. The molecule has 2 rings (SSSR count). The Kier molecular flexibility index (Phi) is 3.88. The molecule has 1 fully saturated rings. The van der Waals surface area contributed by atoms with E-state index < -0.39 is 12.0 Å². The topological polar surface area (TPSA) is 9.23 Å². The molecule has 0 saturated heterocycles. The summed E-state index contributed by atoms with van der Waals surface area (Å²) in [6.45, 7) is 0.562. The number of hydrogen-bond donors (Lipinski definition) is 0. The van der Waals surface area contributed by atoms with E-state index in [2.05, 4.69) is 0 Å². The predicted octanol–water partition coefficient (Wildman–Crippen LogP) is 3.65. The van der Waals surface area contributed by atoms with Crippen molar-refractivity contribution in [1.82, 2.24) is 0 Å². The van der Waals surface area contributed by atoms with Gasteiger partial charge >= 0.3 is 0 Å². The number of hydrogen-bond acceptors (Lipinski definition) is 1. The Morgan fingerprint density at radius 2 is 2.06 bits per heavy atom. The van der Waals surface area contributed by atoms with Gasteiger partial charge in [0.1, 0.15) is 5.82 Å². The lowest BCUT2D eigenvalue weighted by molar-refractivity contribution is 0.0360. The molecule has 0 heterocycles. The lowest BCUT2D eigenvalue weighted by Gasteiger charge is -2.25. The van der Waals surface area contributed by atoms with Crippen LogP contribution in [-0.4, -0.2) is 13.2 Å². The molecule has 1 aliphatic carbocycles. The van der Waals surface area contributed by atoms with Crippen molar-refractivity contribution >= 4 is 0 Å². The van der Waals surface area contributed by atoms with E-state index in [1.165, 1.54) is 31.4 Å².